The summed E-state index contributed by atoms with van der Waals surface area (Å²) in [7, 11) is -3.69. The van der Waals surface area contributed by atoms with Gasteiger partial charge in [0.05, 0.1) is 17.3 Å². The standard InChI is InChI=1S/C22H25N3O3S2/c1-3-28-21-10-9-18(20-16-29-17(2)23-20)15-22(21)30(26,27)25-13-11-24(12-14-25)19-7-5-4-6-8-19/h4-10,15-16H,3,11-14H2,1-2H3. The molecule has 3 aromatic rings. The van der Waals surface area contributed by atoms with E-state index in [1.54, 1.807) is 27.8 Å². The molecule has 2 heterocycles. The number of rotatable bonds is 6. The molecular weight excluding hydrogens is 418 g/mol. The van der Waals surface area contributed by atoms with Crippen LogP contribution < -0.4 is 9.64 Å². The Hall–Kier alpha value is -2.42. The Kier molecular flexibility index (Phi) is 6.08. The van der Waals surface area contributed by atoms with Crippen LogP contribution in [0.1, 0.15) is 11.9 Å². The molecule has 0 unspecified atom stereocenters. The van der Waals surface area contributed by atoms with Crippen LogP contribution in [0.5, 0.6) is 5.75 Å². The van der Waals surface area contributed by atoms with Crippen molar-refractivity contribution < 1.29 is 13.2 Å². The summed E-state index contributed by atoms with van der Waals surface area (Å²) in [4.78, 5) is 6.92. The lowest BCUT2D eigenvalue weighted by atomic mass is 10.2. The van der Waals surface area contributed by atoms with Crippen molar-refractivity contribution in [3.05, 3.63) is 58.9 Å². The number of benzene rings is 2. The minimum atomic E-state index is -3.69. The first-order valence-corrected chi connectivity index (χ1v) is 12.3. The first-order valence-electron chi connectivity index (χ1n) is 9.98. The molecule has 1 saturated heterocycles. The van der Waals surface area contributed by atoms with Crippen molar-refractivity contribution in [1.29, 1.82) is 0 Å². The lowest BCUT2D eigenvalue weighted by Crippen LogP contribution is -2.48. The molecule has 1 aliphatic heterocycles. The molecule has 0 aliphatic carbocycles. The highest BCUT2D eigenvalue weighted by Gasteiger charge is 2.31. The van der Waals surface area contributed by atoms with Crippen LogP contribution in [0.15, 0.2) is 58.8 Å². The summed E-state index contributed by atoms with van der Waals surface area (Å²) in [5.41, 5.74) is 2.68. The van der Waals surface area contributed by atoms with Gasteiger partial charge in [0.1, 0.15) is 10.6 Å². The number of aromatic nitrogens is 1. The predicted octanol–water partition coefficient (Wildman–Crippen LogP) is 4.03. The molecule has 0 radical (unpaired) electrons. The Bertz CT molecular complexity index is 1110. The van der Waals surface area contributed by atoms with Gasteiger partial charge in [0.2, 0.25) is 10.0 Å². The van der Waals surface area contributed by atoms with Crippen LogP contribution >= 0.6 is 11.3 Å². The molecule has 30 heavy (non-hydrogen) atoms. The molecule has 158 valence electrons. The summed E-state index contributed by atoms with van der Waals surface area (Å²) in [6, 6.07) is 15.4. The third-order valence-electron chi connectivity index (χ3n) is 5.14. The van der Waals surface area contributed by atoms with Gasteiger partial charge in [0, 0.05) is 42.8 Å². The van der Waals surface area contributed by atoms with Crippen molar-refractivity contribution in [1.82, 2.24) is 9.29 Å². The summed E-state index contributed by atoms with van der Waals surface area (Å²) < 4.78 is 34.3. The van der Waals surface area contributed by atoms with Gasteiger partial charge in [-0.25, -0.2) is 13.4 Å². The fourth-order valence-corrected chi connectivity index (χ4v) is 5.81. The Labute approximate surface area is 181 Å². The Morgan fingerprint density at radius 1 is 1.07 bits per heavy atom. The van der Waals surface area contributed by atoms with Crippen LogP contribution in [0.2, 0.25) is 0 Å². The zero-order valence-corrected chi connectivity index (χ0v) is 18.7. The van der Waals surface area contributed by atoms with E-state index in [1.165, 1.54) is 0 Å². The summed E-state index contributed by atoms with van der Waals surface area (Å²) in [6.07, 6.45) is 0. The normalized spacial score (nSPS) is 15.3. The lowest BCUT2D eigenvalue weighted by molar-refractivity contribution is 0.327. The molecular formula is C22H25N3O3S2. The molecule has 8 heteroatoms. The number of hydrogen-bond acceptors (Lipinski definition) is 6. The summed E-state index contributed by atoms with van der Waals surface area (Å²) in [5.74, 6) is 0.388. The van der Waals surface area contributed by atoms with E-state index >= 15 is 0 Å². The number of hydrogen-bond donors (Lipinski definition) is 0. The van der Waals surface area contributed by atoms with Crippen molar-refractivity contribution in [3.63, 3.8) is 0 Å². The first-order chi connectivity index (χ1) is 14.5. The van der Waals surface area contributed by atoms with Crippen molar-refractivity contribution >= 4 is 27.0 Å². The van der Waals surface area contributed by atoms with E-state index in [9.17, 15) is 8.42 Å². The van der Waals surface area contributed by atoms with Crippen LogP contribution in [0, 0.1) is 6.92 Å². The summed E-state index contributed by atoms with van der Waals surface area (Å²) in [5, 5.41) is 2.89. The van der Waals surface area contributed by atoms with E-state index in [4.69, 9.17) is 4.74 Å². The smallest absolute Gasteiger partial charge is 0.246 e. The fraction of sp³-hybridized carbons (Fsp3) is 0.318. The van der Waals surface area contributed by atoms with Gasteiger partial charge in [-0.2, -0.15) is 4.31 Å². The number of nitrogens with zero attached hydrogens (tertiary/aromatic N) is 3. The second-order valence-electron chi connectivity index (χ2n) is 7.07. The molecule has 0 N–H and O–H groups in total. The highest BCUT2D eigenvalue weighted by Crippen LogP contribution is 2.33. The molecule has 0 atom stereocenters. The Morgan fingerprint density at radius 3 is 2.43 bits per heavy atom. The monoisotopic (exact) mass is 443 g/mol. The van der Waals surface area contributed by atoms with Crippen LogP contribution in [-0.2, 0) is 10.0 Å². The molecule has 0 spiro atoms. The number of para-hydroxylation sites is 1. The van der Waals surface area contributed by atoms with E-state index in [-0.39, 0.29) is 4.90 Å². The minimum Gasteiger partial charge on any atom is -0.492 e. The van der Waals surface area contributed by atoms with Gasteiger partial charge in [-0.05, 0) is 44.2 Å². The number of anilines is 1. The zero-order chi connectivity index (χ0) is 21.1. The number of piperazine rings is 1. The maximum atomic E-state index is 13.5. The van der Waals surface area contributed by atoms with Crippen LogP contribution in [-0.4, -0.2) is 50.5 Å². The van der Waals surface area contributed by atoms with Crippen molar-refractivity contribution in [2.75, 3.05) is 37.7 Å². The van der Waals surface area contributed by atoms with Crippen molar-refractivity contribution in [2.24, 2.45) is 0 Å². The first kappa shape index (κ1) is 20.8. The number of sulfonamides is 1. The average Bonchev–Trinajstić information content (AvgIpc) is 3.21. The minimum absolute atomic E-state index is 0.209. The van der Waals surface area contributed by atoms with E-state index in [1.807, 2.05) is 43.5 Å². The third kappa shape index (κ3) is 4.21. The Balaban J connectivity index is 1.61. The molecule has 1 fully saturated rings. The number of thiazole rings is 1. The second-order valence-corrected chi connectivity index (χ2v) is 10.0. The molecule has 6 nitrogen and oxygen atoms in total. The van der Waals surface area contributed by atoms with Gasteiger partial charge in [-0.15, -0.1) is 11.3 Å². The van der Waals surface area contributed by atoms with Crippen LogP contribution in [0.3, 0.4) is 0 Å². The van der Waals surface area contributed by atoms with Crippen LogP contribution in [0.4, 0.5) is 5.69 Å². The average molecular weight is 444 g/mol. The summed E-state index contributed by atoms with van der Waals surface area (Å²) in [6.45, 7) is 6.36. The maximum Gasteiger partial charge on any atom is 0.246 e. The quantitative estimate of drug-likeness (QED) is 0.576. The molecule has 4 rings (SSSR count). The van der Waals surface area contributed by atoms with E-state index in [2.05, 4.69) is 22.0 Å². The predicted molar refractivity (Wildman–Crippen MR) is 121 cm³/mol. The van der Waals surface area contributed by atoms with E-state index in [0.717, 1.165) is 22.0 Å². The fourth-order valence-electron chi connectivity index (χ4n) is 3.60. The van der Waals surface area contributed by atoms with Crippen LogP contribution in [0.25, 0.3) is 11.3 Å². The highest BCUT2D eigenvalue weighted by atomic mass is 32.2. The molecule has 0 bridgehead atoms. The summed E-state index contributed by atoms with van der Waals surface area (Å²) >= 11 is 1.55. The van der Waals surface area contributed by atoms with Crippen molar-refractivity contribution in [3.8, 4) is 17.0 Å². The van der Waals surface area contributed by atoms with Gasteiger partial charge < -0.3 is 9.64 Å². The SMILES string of the molecule is CCOc1ccc(-c2csc(C)n2)cc1S(=O)(=O)N1CCN(c2ccccc2)CC1. The van der Waals surface area contributed by atoms with Gasteiger partial charge in [-0.1, -0.05) is 18.2 Å². The maximum absolute atomic E-state index is 13.5. The molecule has 1 aromatic heterocycles. The van der Waals surface area contributed by atoms with Gasteiger partial charge in [-0.3, -0.25) is 0 Å². The number of ether oxygens (including phenoxy) is 1. The topological polar surface area (TPSA) is 62.7 Å². The molecule has 2 aromatic carbocycles. The third-order valence-corrected chi connectivity index (χ3v) is 7.83. The number of aryl methyl sites for hydroxylation is 1. The second kappa shape index (κ2) is 8.75. The van der Waals surface area contributed by atoms with Gasteiger partial charge >= 0.3 is 0 Å². The van der Waals surface area contributed by atoms with Gasteiger partial charge in [0.15, 0.2) is 0 Å². The molecule has 1 aliphatic rings. The largest absolute Gasteiger partial charge is 0.492 e. The zero-order valence-electron chi connectivity index (χ0n) is 17.1. The lowest BCUT2D eigenvalue weighted by Gasteiger charge is -2.35. The van der Waals surface area contributed by atoms with E-state index < -0.39 is 10.0 Å². The molecule has 0 amide bonds. The van der Waals surface area contributed by atoms with Gasteiger partial charge in [0.25, 0.3) is 0 Å². The molecule has 0 saturated carbocycles. The highest BCUT2D eigenvalue weighted by molar-refractivity contribution is 7.89. The van der Waals surface area contributed by atoms with E-state index in [0.29, 0.717) is 38.5 Å². The Morgan fingerprint density at radius 2 is 1.80 bits per heavy atom. The van der Waals surface area contributed by atoms with Crippen molar-refractivity contribution in [2.45, 2.75) is 18.7 Å².